The fourth-order valence-corrected chi connectivity index (χ4v) is 2.54. The molecule has 0 spiro atoms. The lowest BCUT2D eigenvalue weighted by molar-refractivity contribution is 0.595. The van der Waals surface area contributed by atoms with Crippen molar-refractivity contribution in [3.8, 4) is 0 Å². The van der Waals surface area contributed by atoms with Crippen molar-refractivity contribution in [2.45, 2.75) is 4.90 Å². The third-order valence-electron chi connectivity index (χ3n) is 2.35. The van der Waals surface area contributed by atoms with Gasteiger partial charge in [-0.25, -0.2) is 17.2 Å². The molecule has 0 saturated heterocycles. The molecular formula is C12H10F2N2O2S. The molecule has 2 aromatic carbocycles. The van der Waals surface area contributed by atoms with Gasteiger partial charge >= 0.3 is 0 Å². The summed E-state index contributed by atoms with van der Waals surface area (Å²) in [4.78, 5) is -0.226. The summed E-state index contributed by atoms with van der Waals surface area (Å²) < 4.78 is 52.0. The van der Waals surface area contributed by atoms with Crippen LogP contribution in [0.3, 0.4) is 0 Å². The zero-order valence-corrected chi connectivity index (χ0v) is 10.4. The number of hydrogen-bond donors (Lipinski definition) is 2. The molecule has 4 nitrogen and oxygen atoms in total. The maximum atomic E-state index is 13.0. The van der Waals surface area contributed by atoms with Gasteiger partial charge in [-0.1, -0.05) is 6.07 Å². The molecule has 0 fully saturated rings. The van der Waals surface area contributed by atoms with Crippen LogP contribution in [0.1, 0.15) is 0 Å². The minimum Gasteiger partial charge on any atom is -0.396 e. The predicted octanol–water partition coefficient (Wildman–Crippen LogP) is 2.35. The molecule has 0 heterocycles. The van der Waals surface area contributed by atoms with E-state index in [1.165, 1.54) is 18.2 Å². The molecule has 0 unspecified atom stereocenters. The summed E-state index contributed by atoms with van der Waals surface area (Å²) in [7, 11) is -3.93. The molecule has 2 aromatic rings. The van der Waals surface area contributed by atoms with Crippen LogP contribution in [0.25, 0.3) is 0 Å². The van der Waals surface area contributed by atoms with Gasteiger partial charge in [0.05, 0.1) is 16.3 Å². The van der Waals surface area contributed by atoms with Gasteiger partial charge in [0.2, 0.25) is 0 Å². The van der Waals surface area contributed by atoms with Gasteiger partial charge in [0, 0.05) is 0 Å². The molecule has 3 N–H and O–H groups in total. The van der Waals surface area contributed by atoms with Crippen molar-refractivity contribution in [1.82, 2.24) is 0 Å². The summed E-state index contributed by atoms with van der Waals surface area (Å²) in [5, 5.41) is 0. The highest BCUT2D eigenvalue weighted by Gasteiger charge is 2.15. The van der Waals surface area contributed by atoms with Gasteiger partial charge in [-0.2, -0.15) is 0 Å². The van der Waals surface area contributed by atoms with E-state index in [1.54, 1.807) is 0 Å². The standard InChI is InChI=1S/C12H10F2N2O2S/c13-8-2-1-3-10(6-8)19(17,18)16-9-4-5-11(14)12(15)7-9/h1-7,16H,15H2. The van der Waals surface area contributed by atoms with Gasteiger partial charge in [-0.3, -0.25) is 4.72 Å². The van der Waals surface area contributed by atoms with E-state index in [4.69, 9.17) is 5.73 Å². The number of halogens is 2. The Morgan fingerprint density at radius 3 is 2.42 bits per heavy atom. The van der Waals surface area contributed by atoms with Crippen molar-refractivity contribution < 1.29 is 17.2 Å². The van der Waals surface area contributed by atoms with Crippen LogP contribution in [0.5, 0.6) is 0 Å². The second-order valence-electron chi connectivity index (χ2n) is 3.80. The summed E-state index contributed by atoms with van der Waals surface area (Å²) in [5.74, 6) is -1.31. The summed E-state index contributed by atoms with van der Waals surface area (Å²) in [6.07, 6.45) is 0. The highest BCUT2D eigenvalue weighted by molar-refractivity contribution is 7.92. The number of sulfonamides is 1. The Kier molecular flexibility index (Phi) is 3.39. The zero-order chi connectivity index (χ0) is 14.0. The number of nitrogens with one attached hydrogen (secondary N) is 1. The first-order valence-electron chi connectivity index (χ1n) is 5.22. The molecule has 0 atom stereocenters. The molecule has 0 aliphatic heterocycles. The van der Waals surface area contributed by atoms with Crippen LogP contribution in [0.2, 0.25) is 0 Å². The topological polar surface area (TPSA) is 72.2 Å². The minimum atomic E-state index is -3.93. The first-order chi connectivity index (χ1) is 8.88. The molecule has 0 radical (unpaired) electrons. The van der Waals surface area contributed by atoms with Gasteiger partial charge in [0.25, 0.3) is 10.0 Å². The van der Waals surface area contributed by atoms with E-state index < -0.39 is 21.7 Å². The molecule has 19 heavy (non-hydrogen) atoms. The van der Waals surface area contributed by atoms with E-state index in [0.717, 1.165) is 24.3 Å². The highest BCUT2D eigenvalue weighted by Crippen LogP contribution is 2.20. The smallest absolute Gasteiger partial charge is 0.261 e. The molecule has 0 amide bonds. The van der Waals surface area contributed by atoms with Crippen LogP contribution >= 0.6 is 0 Å². The molecule has 100 valence electrons. The second-order valence-corrected chi connectivity index (χ2v) is 5.48. The van der Waals surface area contributed by atoms with E-state index in [9.17, 15) is 17.2 Å². The fourth-order valence-electron chi connectivity index (χ4n) is 1.46. The monoisotopic (exact) mass is 284 g/mol. The third kappa shape index (κ3) is 3.00. The van der Waals surface area contributed by atoms with Crippen LogP contribution in [0.4, 0.5) is 20.2 Å². The van der Waals surface area contributed by atoms with Gasteiger partial charge in [-0.05, 0) is 36.4 Å². The molecule has 0 aliphatic carbocycles. The van der Waals surface area contributed by atoms with Crippen molar-refractivity contribution in [1.29, 1.82) is 0 Å². The summed E-state index contributed by atoms with van der Waals surface area (Å²) in [5.41, 5.74) is 5.25. The minimum absolute atomic E-state index is 0.100. The maximum absolute atomic E-state index is 13.0. The Bertz CT molecular complexity index is 717. The molecular weight excluding hydrogens is 274 g/mol. The van der Waals surface area contributed by atoms with Gasteiger partial charge in [0.1, 0.15) is 11.6 Å². The van der Waals surface area contributed by atoms with E-state index in [-0.39, 0.29) is 16.3 Å². The Morgan fingerprint density at radius 1 is 1.05 bits per heavy atom. The van der Waals surface area contributed by atoms with Crippen molar-refractivity contribution in [3.05, 3.63) is 54.1 Å². The van der Waals surface area contributed by atoms with Gasteiger partial charge in [-0.15, -0.1) is 0 Å². The van der Waals surface area contributed by atoms with Crippen molar-refractivity contribution in [2.75, 3.05) is 10.5 Å². The number of benzene rings is 2. The first-order valence-corrected chi connectivity index (χ1v) is 6.70. The zero-order valence-electron chi connectivity index (χ0n) is 9.60. The molecule has 0 saturated carbocycles. The first kappa shape index (κ1) is 13.3. The SMILES string of the molecule is Nc1cc(NS(=O)(=O)c2cccc(F)c2)ccc1F. The summed E-state index contributed by atoms with van der Waals surface area (Å²) >= 11 is 0. The maximum Gasteiger partial charge on any atom is 0.261 e. The van der Waals surface area contributed by atoms with Crippen LogP contribution in [-0.2, 0) is 10.0 Å². The third-order valence-corrected chi connectivity index (χ3v) is 3.73. The summed E-state index contributed by atoms with van der Waals surface area (Å²) in [6.45, 7) is 0. The molecule has 0 bridgehead atoms. The Hall–Kier alpha value is -2.15. The number of nitrogens with two attached hydrogens (primary N) is 1. The van der Waals surface area contributed by atoms with Gasteiger partial charge < -0.3 is 5.73 Å². The summed E-state index contributed by atoms with van der Waals surface area (Å²) in [6, 6.07) is 7.96. The average molecular weight is 284 g/mol. The quantitative estimate of drug-likeness (QED) is 0.850. The molecule has 2 rings (SSSR count). The lowest BCUT2D eigenvalue weighted by atomic mass is 10.3. The van der Waals surface area contributed by atoms with Crippen LogP contribution < -0.4 is 10.5 Å². The van der Waals surface area contributed by atoms with Crippen molar-refractivity contribution in [3.63, 3.8) is 0 Å². The lowest BCUT2D eigenvalue weighted by Crippen LogP contribution is -2.13. The fraction of sp³-hybridized carbons (Fsp3) is 0. The van der Waals surface area contributed by atoms with E-state index in [2.05, 4.69) is 4.72 Å². The molecule has 0 aromatic heterocycles. The second kappa shape index (κ2) is 4.85. The molecule has 0 aliphatic rings. The van der Waals surface area contributed by atoms with Crippen LogP contribution in [0.15, 0.2) is 47.4 Å². The Morgan fingerprint density at radius 2 is 1.79 bits per heavy atom. The lowest BCUT2D eigenvalue weighted by Gasteiger charge is -2.09. The number of rotatable bonds is 3. The van der Waals surface area contributed by atoms with E-state index in [0.29, 0.717) is 0 Å². The predicted molar refractivity (Wildman–Crippen MR) is 68.0 cm³/mol. The number of nitrogen functional groups attached to an aromatic ring is 1. The molecule has 7 heteroatoms. The highest BCUT2D eigenvalue weighted by atomic mass is 32.2. The number of hydrogen-bond acceptors (Lipinski definition) is 3. The van der Waals surface area contributed by atoms with Gasteiger partial charge in [0.15, 0.2) is 0 Å². The van der Waals surface area contributed by atoms with Crippen molar-refractivity contribution in [2.24, 2.45) is 0 Å². The normalized spacial score (nSPS) is 11.3. The number of anilines is 2. The Labute approximate surface area is 108 Å². The van der Waals surface area contributed by atoms with E-state index in [1.807, 2.05) is 0 Å². The van der Waals surface area contributed by atoms with Crippen LogP contribution in [0, 0.1) is 11.6 Å². The average Bonchev–Trinajstić information content (AvgIpc) is 2.33. The Balaban J connectivity index is 2.33. The largest absolute Gasteiger partial charge is 0.396 e. The van der Waals surface area contributed by atoms with Crippen LogP contribution in [-0.4, -0.2) is 8.42 Å². The van der Waals surface area contributed by atoms with E-state index >= 15 is 0 Å². The van der Waals surface area contributed by atoms with Crippen molar-refractivity contribution >= 4 is 21.4 Å².